The molecule has 1 fully saturated rings. The molecule has 0 bridgehead atoms. The lowest BCUT2D eigenvalue weighted by molar-refractivity contribution is 0.112. The van der Waals surface area contributed by atoms with Crippen molar-refractivity contribution in [2.75, 3.05) is 0 Å². The molecule has 0 amide bonds. The van der Waals surface area contributed by atoms with Crippen LogP contribution in [0.2, 0.25) is 0 Å². The molecule has 13 heavy (non-hydrogen) atoms. The molecule has 0 atom stereocenters. The van der Waals surface area contributed by atoms with Crippen LogP contribution in [-0.4, -0.2) is 6.29 Å². The monoisotopic (exact) mass is 174 g/mol. The van der Waals surface area contributed by atoms with Crippen molar-refractivity contribution in [3.63, 3.8) is 0 Å². The highest BCUT2D eigenvalue weighted by molar-refractivity contribution is 5.77. The number of rotatable bonds is 3. The lowest BCUT2D eigenvalue weighted by Gasteiger charge is -2.02. The Balaban J connectivity index is 2.20. The lowest BCUT2D eigenvalue weighted by atomic mass is 10.0. The van der Waals surface area contributed by atoms with Crippen LogP contribution in [0.1, 0.15) is 34.3 Å². The van der Waals surface area contributed by atoms with Crippen LogP contribution in [0.25, 0.3) is 0 Å². The molecule has 1 nitrogen and oxygen atoms in total. The quantitative estimate of drug-likeness (QED) is 0.644. The molecule has 68 valence electrons. The molecule has 1 aliphatic rings. The van der Waals surface area contributed by atoms with Gasteiger partial charge in [0.05, 0.1) is 0 Å². The Morgan fingerprint density at radius 1 is 1.46 bits per heavy atom. The van der Waals surface area contributed by atoms with Crippen LogP contribution in [0.15, 0.2) is 18.2 Å². The van der Waals surface area contributed by atoms with Gasteiger partial charge in [-0.3, -0.25) is 4.79 Å². The molecule has 0 aliphatic heterocycles. The summed E-state index contributed by atoms with van der Waals surface area (Å²) in [5.41, 5.74) is 3.24. The first-order valence-corrected chi connectivity index (χ1v) is 4.84. The summed E-state index contributed by atoms with van der Waals surface area (Å²) < 4.78 is 0. The van der Waals surface area contributed by atoms with E-state index in [2.05, 4.69) is 6.07 Å². The van der Waals surface area contributed by atoms with Crippen LogP contribution in [-0.2, 0) is 6.42 Å². The van der Waals surface area contributed by atoms with Crippen molar-refractivity contribution in [3.8, 4) is 0 Å². The average molecular weight is 174 g/mol. The fourth-order valence-corrected chi connectivity index (χ4v) is 1.60. The second kappa shape index (κ2) is 3.33. The maximum absolute atomic E-state index is 10.7. The highest BCUT2D eigenvalue weighted by Crippen LogP contribution is 2.32. The van der Waals surface area contributed by atoms with E-state index in [1.54, 1.807) is 0 Å². The van der Waals surface area contributed by atoms with E-state index < -0.39 is 0 Å². The third kappa shape index (κ3) is 1.97. The van der Waals surface area contributed by atoms with Gasteiger partial charge in [0.25, 0.3) is 0 Å². The average Bonchev–Trinajstić information content (AvgIpc) is 2.92. The molecule has 0 heterocycles. The van der Waals surface area contributed by atoms with Gasteiger partial charge in [0, 0.05) is 5.56 Å². The predicted molar refractivity (Wildman–Crippen MR) is 53.0 cm³/mol. The van der Waals surface area contributed by atoms with Crippen LogP contribution < -0.4 is 0 Å². The Morgan fingerprint density at radius 3 is 2.85 bits per heavy atom. The number of benzene rings is 1. The van der Waals surface area contributed by atoms with Gasteiger partial charge in [-0.05, 0) is 49.3 Å². The molecule has 0 N–H and O–H groups in total. The third-order valence-corrected chi connectivity index (χ3v) is 2.69. The van der Waals surface area contributed by atoms with Gasteiger partial charge in [-0.25, -0.2) is 0 Å². The summed E-state index contributed by atoms with van der Waals surface area (Å²) in [7, 11) is 0. The van der Waals surface area contributed by atoms with E-state index in [4.69, 9.17) is 0 Å². The van der Waals surface area contributed by atoms with Gasteiger partial charge >= 0.3 is 0 Å². The summed E-state index contributed by atoms with van der Waals surface area (Å²) in [5.74, 6) is 0.891. The molecule has 0 saturated heterocycles. The second-order valence-corrected chi connectivity index (χ2v) is 3.96. The minimum Gasteiger partial charge on any atom is -0.298 e. The lowest BCUT2D eigenvalue weighted by Crippen LogP contribution is -1.92. The van der Waals surface area contributed by atoms with Gasteiger partial charge < -0.3 is 0 Å². The molecule has 1 aromatic carbocycles. The number of carbonyl (C=O) groups is 1. The topological polar surface area (TPSA) is 17.1 Å². The Labute approximate surface area is 78.8 Å². The van der Waals surface area contributed by atoms with Crippen LogP contribution in [0, 0.1) is 12.8 Å². The van der Waals surface area contributed by atoms with E-state index in [1.165, 1.54) is 18.4 Å². The molecule has 0 radical (unpaired) electrons. The number of aldehydes is 1. The number of carbonyl (C=O) groups excluding carboxylic acids is 1. The largest absolute Gasteiger partial charge is 0.298 e. The maximum Gasteiger partial charge on any atom is 0.150 e. The molecule has 1 saturated carbocycles. The fourth-order valence-electron chi connectivity index (χ4n) is 1.60. The van der Waals surface area contributed by atoms with Gasteiger partial charge in [0.1, 0.15) is 6.29 Å². The molecule has 2 rings (SSSR count). The summed E-state index contributed by atoms with van der Waals surface area (Å²) in [4.78, 5) is 10.7. The van der Waals surface area contributed by atoms with E-state index in [0.717, 1.165) is 29.8 Å². The van der Waals surface area contributed by atoms with E-state index >= 15 is 0 Å². The molecule has 0 unspecified atom stereocenters. The zero-order valence-corrected chi connectivity index (χ0v) is 7.92. The normalized spacial score (nSPS) is 15.8. The van der Waals surface area contributed by atoms with Crippen LogP contribution >= 0.6 is 0 Å². The first-order valence-electron chi connectivity index (χ1n) is 4.84. The third-order valence-electron chi connectivity index (χ3n) is 2.69. The van der Waals surface area contributed by atoms with Crippen molar-refractivity contribution in [1.29, 1.82) is 0 Å². The summed E-state index contributed by atoms with van der Waals surface area (Å²) >= 11 is 0. The van der Waals surface area contributed by atoms with E-state index in [1.807, 2.05) is 19.1 Å². The summed E-state index contributed by atoms with van der Waals surface area (Å²) in [6, 6.07) is 6.21. The van der Waals surface area contributed by atoms with Crippen molar-refractivity contribution in [1.82, 2.24) is 0 Å². The first kappa shape index (κ1) is 8.49. The smallest absolute Gasteiger partial charge is 0.150 e. The van der Waals surface area contributed by atoms with Crippen LogP contribution in [0.3, 0.4) is 0 Å². The predicted octanol–water partition coefficient (Wildman–Crippen LogP) is 2.76. The van der Waals surface area contributed by atoms with Crippen molar-refractivity contribution in [2.24, 2.45) is 5.92 Å². The van der Waals surface area contributed by atoms with E-state index in [-0.39, 0.29) is 0 Å². The Bertz CT molecular complexity index is 324. The second-order valence-electron chi connectivity index (χ2n) is 3.96. The number of aryl methyl sites for hydroxylation is 1. The maximum atomic E-state index is 10.7. The van der Waals surface area contributed by atoms with E-state index in [0.29, 0.717) is 0 Å². The molecule has 1 heteroatoms. The molecule has 1 aliphatic carbocycles. The van der Waals surface area contributed by atoms with Crippen LogP contribution in [0.4, 0.5) is 0 Å². The van der Waals surface area contributed by atoms with Gasteiger partial charge in [-0.15, -0.1) is 0 Å². The van der Waals surface area contributed by atoms with Gasteiger partial charge in [-0.1, -0.05) is 12.1 Å². The zero-order valence-electron chi connectivity index (χ0n) is 7.92. The zero-order chi connectivity index (χ0) is 9.26. The van der Waals surface area contributed by atoms with Crippen molar-refractivity contribution in [2.45, 2.75) is 26.2 Å². The minimum absolute atomic E-state index is 0.846. The molecular formula is C12H14O. The van der Waals surface area contributed by atoms with Crippen molar-refractivity contribution < 1.29 is 4.79 Å². The first-order chi connectivity index (χ1) is 6.29. The fraction of sp³-hybridized carbons (Fsp3) is 0.417. The molecule has 0 spiro atoms. The summed E-state index contributed by atoms with van der Waals surface area (Å²) in [6.07, 6.45) is 4.83. The van der Waals surface area contributed by atoms with Crippen LogP contribution in [0.5, 0.6) is 0 Å². The number of hydrogen-bond acceptors (Lipinski definition) is 1. The summed E-state index contributed by atoms with van der Waals surface area (Å²) in [5, 5.41) is 0. The van der Waals surface area contributed by atoms with Crippen molar-refractivity contribution in [3.05, 3.63) is 34.9 Å². The van der Waals surface area contributed by atoms with Crippen molar-refractivity contribution >= 4 is 6.29 Å². The van der Waals surface area contributed by atoms with E-state index in [9.17, 15) is 4.79 Å². The Morgan fingerprint density at radius 2 is 2.23 bits per heavy atom. The Kier molecular flexibility index (Phi) is 2.17. The SMILES string of the molecule is Cc1ccc(CC2CC2)cc1C=O. The molecular weight excluding hydrogens is 160 g/mol. The van der Waals surface area contributed by atoms with Gasteiger partial charge in [0.2, 0.25) is 0 Å². The standard InChI is InChI=1S/C12H14O/c1-9-2-3-11(6-10-4-5-10)7-12(9)8-13/h2-3,7-8,10H,4-6H2,1H3. The summed E-state index contributed by atoms with van der Waals surface area (Å²) in [6.45, 7) is 1.98. The minimum atomic E-state index is 0.846. The van der Waals surface area contributed by atoms with Gasteiger partial charge in [-0.2, -0.15) is 0 Å². The highest BCUT2D eigenvalue weighted by atomic mass is 16.1. The van der Waals surface area contributed by atoms with Gasteiger partial charge in [0.15, 0.2) is 0 Å². The number of hydrogen-bond donors (Lipinski definition) is 0. The Hall–Kier alpha value is -1.11. The highest BCUT2D eigenvalue weighted by Gasteiger charge is 2.21. The molecule has 1 aromatic rings. The molecule has 0 aromatic heterocycles.